The van der Waals surface area contributed by atoms with Gasteiger partial charge in [0.1, 0.15) is 10.7 Å². The predicted molar refractivity (Wildman–Crippen MR) is 69.8 cm³/mol. The number of benzene rings is 1. The van der Waals surface area contributed by atoms with E-state index in [0.29, 0.717) is 12.3 Å². The molecule has 19 heavy (non-hydrogen) atoms. The molecule has 0 radical (unpaired) electrons. The van der Waals surface area contributed by atoms with Gasteiger partial charge in [-0.2, -0.15) is 0 Å². The van der Waals surface area contributed by atoms with Crippen molar-refractivity contribution in [2.24, 2.45) is 0 Å². The number of nitrogens with one attached hydrogen (secondary N) is 1. The minimum atomic E-state index is -0.588. The maximum atomic E-state index is 10.5. The average Bonchev–Trinajstić information content (AvgIpc) is 2.85. The van der Waals surface area contributed by atoms with Crippen molar-refractivity contribution in [2.45, 2.75) is 19.6 Å². The Balaban J connectivity index is 2.08. The van der Waals surface area contributed by atoms with Crippen molar-refractivity contribution in [3.8, 4) is 0 Å². The van der Waals surface area contributed by atoms with Crippen molar-refractivity contribution in [1.29, 1.82) is 0 Å². The van der Waals surface area contributed by atoms with Gasteiger partial charge in [-0.05, 0) is 19.1 Å². The predicted octanol–water partition coefficient (Wildman–Crippen LogP) is 2.85. The van der Waals surface area contributed by atoms with Gasteiger partial charge in [0, 0.05) is 11.3 Å². The maximum Gasteiger partial charge on any atom is 0.433 e. The van der Waals surface area contributed by atoms with Gasteiger partial charge in [-0.3, -0.25) is 10.1 Å². The fourth-order valence-electron chi connectivity index (χ4n) is 1.76. The number of rotatable bonds is 5. The van der Waals surface area contributed by atoms with Crippen molar-refractivity contribution >= 4 is 11.6 Å². The lowest BCUT2D eigenvalue weighted by Gasteiger charge is -2.12. The molecule has 2 rings (SSSR count). The van der Waals surface area contributed by atoms with E-state index in [9.17, 15) is 15.2 Å². The van der Waals surface area contributed by atoms with E-state index in [1.54, 1.807) is 13.0 Å². The zero-order chi connectivity index (χ0) is 13.8. The first-order valence-electron chi connectivity index (χ1n) is 5.82. The first-order chi connectivity index (χ1) is 9.08. The summed E-state index contributed by atoms with van der Waals surface area (Å²) in [5.74, 6) is 0.188. The molecule has 1 heterocycles. The smallest absolute Gasteiger partial charge is 0.404 e. The molecule has 1 atom stereocenters. The van der Waals surface area contributed by atoms with Crippen LogP contribution in [-0.2, 0) is 6.54 Å². The summed E-state index contributed by atoms with van der Waals surface area (Å²) in [5.41, 5.74) is 1.54. The van der Waals surface area contributed by atoms with E-state index in [1.165, 1.54) is 6.07 Å². The number of aliphatic hydroxyl groups excluding tert-OH is 1. The summed E-state index contributed by atoms with van der Waals surface area (Å²) in [7, 11) is 0. The Morgan fingerprint density at radius 1 is 1.37 bits per heavy atom. The van der Waals surface area contributed by atoms with Crippen molar-refractivity contribution < 1.29 is 14.4 Å². The van der Waals surface area contributed by atoms with Crippen molar-refractivity contribution in [3.63, 3.8) is 0 Å². The molecule has 0 saturated carbocycles. The second kappa shape index (κ2) is 5.53. The van der Waals surface area contributed by atoms with Gasteiger partial charge in [0.2, 0.25) is 0 Å². The number of aliphatic hydroxyl groups is 1. The number of para-hydroxylation sites is 1. The maximum absolute atomic E-state index is 10.5. The fourth-order valence-corrected chi connectivity index (χ4v) is 1.76. The third kappa shape index (κ3) is 3.11. The third-order valence-corrected chi connectivity index (χ3v) is 2.69. The normalized spacial score (nSPS) is 12.1. The van der Waals surface area contributed by atoms with E-state index in [2.05, 4.69) is 5.32 Å². The largest absolute Gasteiger partial charge is 0.433 e. The van der Waals surface area contributed by atoms with Crippen LogP contribution in [0.3, 0.4) is 0 Å². The Bertz CT molecular complexity index is 578. The number of hydrogen-bond acceptors (Lipinski definition) is 5. The van der Waals surface area contributed by atoms with Gasteiger partial charge >= 0.3 is 5.88 Å². The molecular weight excluding hydrogens is 248 g/mol. The summed E-state index contributed by atoms with van der Waals surface area (Å²) in [5, 5.41) is 23.2. The zero-order valence-corrected chi connectivity index (χ0v) is 10.4. The van der Waals surface area contributed by atoms with Crippen LogP contribution >= 0.6 is 0 Å². The molecule has 2 N–H and O–H groups in total. The highest BCUT2D eigenvalue weighted by Gasteiger charge is 2.12. The summed E-state index contributed by atoms with van der Waals surface area (Å²) in [6.45, 7) is 2.00. The number of anilines is 1. The summed E-state index contributed by atoms with van der Waals surface area (Å²) >= 11 is 0. The molecule has 6 nitrogen and oxygen atoms in total. The third-order valence-electron chi connectivity index (χ3n) is 2.69. The lowest BCUT2D eigenvalue weighted by atomic mass is 10.1. The Kier molecular flexibility index (Phi) is 3.82. The molecule has 0 aliphatic heterocycles. The molecular formula is C13H14N2O4. The molecule has 0 spiro atoms. The SMILES string of the molecule is CC(O)c1ccccc1NCc1ccc([N+](=O)[O-])o1. The van der Waals surface area contributed by atoms with Gasteiger partial charge in [-0.1, -0.05) is 18.2 Å². The van der Waals surface area contributed by atoms with Gasteiger partial charge in [0.15, 0.2) is 0 Å². The quantitative estimate of drug-likeness (QED) is 0.639. The lowest BCUT2D eigenvalue weighted by molar-refractivity contribution is -0.402. The number of furan rings is 1. The fraction of sp³-hybridized carbons (Fsp3) is 0.231. The Morgan fingerprint density at radius 3 is 2.74 bits per heavy atom. The van der Waals surface area contributed by atoms with E-state index in [0.717, 1.165) is 11.3 Å². The molecule has 0 saturated heterocycles. The van der Waals surface area contributed by atoms with Gasteiger partial charge in [0.25, 0.3) is 0 Å². The Hall–Kier alpha value is -2.34. The van der Waals surface area contributed by atoms with Crippen LogP contribution in [0.4, 0.5) is 11.6 Å². The molecule has 1 aromatic carbocycles. The Morgan fingerprint density at radius 2 is 2.11 bits per heavy atom. The molecule has 6 heteroatoms. The molecule has 0 aliphatic carbocycles. The molecule has 0 fully saturated rings. The lowest BCUT2D eigenvalue weighted by Crippen LogP contribution is -2.03. The first-order valence-corrected chi connectivity index (χ1v) is 5.82. The highest BCUT2D eigenvalue weighted by atomic mass is 16.6. The Labute approximate surface area is 109 Å². The second-order valence-electron chi connectivity index (χ2n) is 4.11. The number of nitro groups is 1. The second-order valence-corrected chi connectivity index (χ2v) is 4.11. The number of nitrogens with zero attached hydrogens (tertiary/aromatic N) is 1. The van der Waals surface area contributed by atoms with Crippen LogP contribution in [0.2, 0.25) is 0 Å². The minimum Gasteiger partial charge on any atom is -0.404 e. The minimum absolute atomic E-state index is 0.277. The van der Waals surface area contributed by atoms with Gasteiger partial charge in [-0.15, -0.1) is 0 Å². The van der Waals surface area contributed by atoms with Gasteiger partial charge < -0.3 is 14.8 Å². The van der Waals surface area contributed by atoms with Crippen molar-refractivity contribution in [1.82, 2.24) is 0 Å². The van der Waals surface area contributed by atoms with Crippen LogP contribution in [0.15, 0.2) is 40.8 Å². The van der Waals surface area contributed by atoms with Crippen LogP contribution in [0.25, 0.3) is 0 Å². The van der Waals surface area contributed by atoms with Crippen LogP contribution in [0, 0.1) is 10.1 Å². The molecule has 100 valence electrons. The first kappa shape index (κ1) is 13.1. The standard InChI is InChI=1S/C13H14N2O4/c1-9(16)11-4-2-3-5-12(11)14-8-10-6-7-13(19-10)15(17)18/h2-7,9,14,16H,8H2,1H3. The summed E-state index contributed by atoms with van der Waals surface area (Å²) in [4.78, 5) is 9.91. The highest BCUT2D eigenvalue weighted by Crippen LogP contribution is 2.23. The van der Waals surface area contributed by atoms with E-state index >= 15 is 0 Å². The van der Waals surface area contributed by atoms with Crippen molar-refractivity contribution in [3.05, 3.63) is 57.8 Å². The molecule has 0 aliphatic rings. The zero-order valence-electron chi connectivity index (χ0n) is 10.4. The summed E-state index contributed by atoms with van der Waals surface area (Å²) in [6.07, 6.45) is -0.588. The van der Waals surface area contributed by atoms with Gasteiger partial charge in [0.05, 0.1) is 18.7 Å². The van der Waals surface area contributed by atoms with E-state index in [1.807, 2.05) is 24.3 Å². The topological polar surface area (TPSA) is 88.5 Å². The molecule has 2 aromatic rings. The van der Waals surface area contributed by atoms with Crippen LogP contribution < -0.4 is 5.32 Å². The molecule has 1 unspecified atom stereocenters. The monoisotopic (exact) mass is 262 g/mol. The van der Waals surface area contributed by atoms with Crippen LogP contribution in [0.5, 0.6) is 0 Å². The summed E-state index contributed by atoms with van der Waals surface area (Å²) < 4.78 is 5.04. The van der Waals surface area contributed by atoms with Crippen molar-refractivity contribution in [2.75, 3.05) is 5.32 Å². The molecule has 0 amide bonds. The number of hydrogen-bond donors (Lipinski definition) is 2. The van der Waals surface area contributed by atoms with E-state index in [4.69, 9.17) is 4.42 Å². The van der Waals surface area contributed by atoms with E-state index < -0.39 is 11.0 Å². The average molecular weight is 262 g/mol. The molecule has 1 aromatic heterocycles. The summed E-state index contributed by atoms with van der Waals surface area (Å²) in [6, 6.07) is 10.2. The highest BCUT2D eigenvalue weighted by molar-refractivity contribution is 5.52. The molecule has 0 bridgehead atoms. The van der Waals surface area contributed by atoms with Crippen LogP contribution in [0.1, 0.15) is 24.4 Å². The van der Waals surface area contributed by atoms with E-state index in [-0.39, 0.29) is 5.88 Å². The van der Waals surface area contributed by atoms with Crippen LogP contribution in [-0.4, -0.2) is 10.0 Å². The van der Waals surface area contributed by atoms with Gasteiger partial charge in [-0.25, -0.2) is 0 Å².